The average Bonchev–Trinajstić information content (AvgIpc) is 3.27. The van der Waals surface area contributed by atoms with E-state index < -0.39 is 29.9 Å². The Morgan fingerprint density at radius 1 is 1.17 bits per heavy atom. The Hall–Kier alpha value is -2.62. The van der Waals surface area contributed by atoms with Crippen LogP contribution in [0.5, 0.6) is 0 Å². The van der Waals surface area contributed by atoms with Crippen molar-refractivity contribution in [3.63, 3.8) is 0 Å². The molecular weight excluding hydrogens is 464 g/mol. The number of alkyl halides is 3. The fraction of sp³-hybridized carbons (Fsp3) is 0.600. The predicted molar refractivity (Wildman–Crippen MR) is 124 cm³/mol. The summed E-state index contributed by atoms with van der Waals surface area (Å²) in [4.78, 5) is 31.1. The van der Waals surface area contributed by atoms with Gasteiger partial charge in [0.15, 0.2) is 0 Å². The van der Waals surface area contributed by atoms with Crippen LogP contribution in [0.3, 0.4) is 0 Å². The molecule has 0 radical (unpaired) electrons. The number of hydrogen-bond acceptors (Lipinski definition) is 3. The number of nitrogens with one attached hydrogen (secondary N) is 2. The van der Waals surface area contributed by atoms with Gasteiger partial charge in [-0.25, -0.2) is 4.39 Å². The zero-order valence-electron chi connectivity index (χ0n) is 20.2. The maximum atomic E-state index is 14.1. The fourth-order valence-electron chi connectivity index (χ4n) is 5.35. The number of amides is 2. The Morgan fingerprint density at radius 3 is 2.57 bits per heavy atom. The molecule has 1 saturated heterocycles. The van der Waals surface area contributed by atoms with Gasteiger partial charge in [0.25, 0.3) is 5.91 Å². The number of aromatic nitrogens is 1. The monoisotopic (exact) mass is 496 g/mol. The number of hydrogen-bond donors (Lipinski definition) is 2. The Balaban J connectivity index is 1.43. The number of H-pyrrole nitrogens is 1. The summed E-state index contributed by atoms with van der Waals surface area (Å²) >= 11 is 0. The van der Waals surface area contributed by atoms with E-state index in [0.29, 0.717) is 23.9 Å². The van der Waals surface area contributed by atoms with Crippen LogP contribution in [0.15, 0.2) is 18.2 Å². The number of fused-ring (bicyclic) bond motifs is 1. The van der Waals surface area contributed by atoms with Crippen molar-refractivity contribution in [3.05, 3.63) is 35.3 Å². The number of benzene rings is 1. The lowest BCUT2D eigenvalue weighted by atomic mass is 9.89. The molecule has 35 heavy (non-hydrogen) atoms. The molecule has 10 heteroatoms. The summed E-state index contributed by atoms with van der Waals surface area (Å²) in [7, 11) is 0. The Kier molecular flexibility index (Phi) is 7.13. The van der Waals surface area contributed by atoms with Crippen LogP contribution in [0.1, 0.15) is 55.6 Å². The van der Waals surface area contributed by atoms with Crippen LogP contribution < -0.4 is 5.32 Å². The van der Waals surface area contributed by atoms with Crippen LogP contribution in [0.2, 0.25) is 0 Å². The van der Waals surface area contributed by atoms with Crippen LogP contribution >= 0.6 is 0 Å². The van der Waals surface area contributed by atoms with Gasteiger partial charge in [0.1, 0.15) is 17.6 Å². The number of aryl methyl sites for hydroxylation is 1. The lowest BCUT2D eigenvalue weighted by molar-refractivity contribution is -0.204. The van der Waals surface area contributed by atoms with Crippen molar-refractivity contribution in [2.24, 2.45) is 5.92 Å². The van der Waals surface area contributed by atoms with Crippen LogP contribution in [0, 0.1) is 18.7 Å². The zero-order valence-corrected chi connectivity index (χ0v) is 20.2. The number of halogens is 4. The number of carbonyl (C=O) groups is 2. The SMILES string of the molecule is Cc1ccc(F)c2cc(C(=O)N[C@@H]3CCC[C@@H](N4CCN(C(=O)C(C)C)[C@@H](C(F)(F)F)C4)C3)[nH]c12. The summed E-state index contributed by atoms with van der Waals surface area (Å²) in [5.41, 5.74) is 1.66. The minimum Gasteiger partial charge on any atom is -0.350 e. The van der Waals surface area contributed by atoms with Crippen molar-refractivity contribution in [1.82, 2.24) is 20.1 Å². The molecule has 192 valence electrons. The lowest BCUT2D eigenvalue weighted by Gasteiger charge is -2.47. The highest BCUT2D eigenvalue weighted by atomic mass is 19.4. The molecule has 0 unspecified atom stereocenters. The molecule has 0 bridgehead atoms. The average molecular weight is 497 g/mol. The van der Waals surface area contributed by atoms with Gasteiger partial charge >= 0.3 is 6.18 Å². The quantitative estimate of drug-likeness (QED) is 0.617. The molecular formula is C25H32F4N4O2. The third kappa shape index (κ3) is 5.32. The van der Waals surface area contributed by atoms with Crippen molar-refractivity contribution in [2.75, 3.05) is 19.6 Å². The van der Waals surface area contributed by atoms with E-state index in [2.05, 4.69) is 10.3 Å². The molecule has 2 aromatic rings. The molecule has 4 rings (SSSR count). The molecule has 0 spiro atoms. The van der Waals surface area contributed by atoms with E-state index in [1.54, 1.807) is 19.9 Å². The lowest BCUT2D eigenvalue weighted by Crippen LogP contribution is -2.63. The van der Waals surface area contributed by atoms with E-state index in [4.69, 9.17) is 0 Å². The van der Waals surface area contributed by atoms with E-state index in [-0.39, 0.29) is 36.8 Å². The largest absolute Gasteiger partial charge is 0.410 e. The molecule has 2 heterocycles. The minimum absolute atomic E-state index is 0.0364. The highest BCUT2D eigenvalue weighted by molar-refractivity contribution is 5.99. The first-order chi connectivity index (χ1) is 16.5. The molecule has 1 aliphatic heterocycles. The summed E-state index contributed by atoms with van der Waals surface area (Å²) < 4.78 is 55.6. The van der Waals surface area contributed by atoms with Gasteiger partial charge in [-0.3, -0.25) is 14.5 Å². The maximum absolute atomic E-state index is 14.1. The first-order valence-corrected chi connectivity index (χ1v) is 12.2. The Morgan fingerprint density at radius 2 is 1.91 bits per heavy atom. The number of piperazine rings is 1. The van der Waals surface area contributed by atoms with E-state index in [0.717, 1.165) is 29.7 Å². The molecule has 6 nitrogen and oxygen atoms in total. The Labute approximate surface area is 202 Å². The van der Waals surface area contributed by atoms with E-state index in [1.807, 2.05) is 11.8 Å². The maximum Gasteiger partial charge on any atom is 0.410 e. The predicted octanol–water partition coefficient (Wildman–Crippen LogP) is 4.39. The van der Waals surface area contributed by atoms with Crippen LogP contribution in [0.25, 0.3) is 10.9 Å². The first-order valence-electron chi connectivity index (χ1n) is 12.2. The molecule has 1 aromatic carbocycles. The van der Waals surface area contributed by atoms with E-state index >= 15 is 0 Å². The van der Waals surface area contributed by atoms with Crippen LogP contribution in [-0.2, 0) is 4.79 Å². The summed E-state index contributed by atoms with van der Waals surface area (Å²) in [6.07, 6.45) is -1.73. The summed E-state index contributed by atoms with van der Waals surface area (Å²) in [5, 5.41) is 3.33. The zero-order chi connectivity index (χ0) is 25.5. The second-order valence-corrected chi connectivity index (χ2v) is 10.1. The van der Waals surface area contributed by atoms with Crippen molar-refractivity contribution < 1.29 is 27.2 Å². The van der Waals surface area contributed by atoms with Gasteiger partial charge < -0.3 is 15.2 Å². The smallest absolute Gasteiger partial charge is 0.350 e. The summed E-state index contributed by atoms with van der Waals surface area (Å²) in [5.74, 6) is -1.74. The Bertz CT molecular complexity index is 1060. The van der Waals surface area contributed by atoms with Gasteiger partial charge in [0.05, 0.1) is 5.52 Å². The third-order valence-corrected chi connectivity index (χ3v) is 7.26. The van der Waals surface area contributed by atoms with Crippen molar-refractivity contribution in [1.29, 1.82) is 0 Å². The highest BCUT2D eigenvalue weighted by Gasteiger charge is 2.49. The van der Waals surface area contributed by atoms with Crippen LogP contribution in [-0.4, -0.2) is 70.5 Å². The highest BCUT2D eigenvalue weighted by Crippen LogP contribution is 2.32. The number of rotatable bonds is 4. The standard InChI is InChI=1S/C25H32F4N4O2/c1-14(2)24(35)33-10-9-32(13-21(33)25(27,28)29)17-6-4-5-16(11-17)30-23(34)20-12-18-19(26)8-7-15(3)22(18)31-20/h7-8,12,14,16-17,21,31H,4-6,9-11,13H2,1-3H3,(H,30,34)/t16-,17-,21-/m1/s1. The molecule has 2 aliphatic rings. The van der Waals surface area contributed by atoms with Gasteiger partial charge in [-0.1, -0.05) is 19.9 Å². The topological polar surface area (TPSA) is 68.4 Å². The molecule has 2 amide bonds. The normalized spacial score (nSPS) is 24.2. The summed E-state index contributed by atoms with van der Waals surface area (Å²) in [6.45, 7) is 5.20. The molecule has 2 fully saturated rings. The second kappa shape index (κ2) is 9.79. The number of nitrogens with zero attached hydrogens (tertiary/aromatic N) is 2. The molecule has 3 atom stereocenters. The molecule has 2 N–H and O–H groups in total. The van der Waals surface area contributed by atoms with Gasteiger partial charge in [-0.15, -0.1) is 0 Å². The first kappa shape index (κ1) is 25.5. The second-order valence-electron chi connectivity index (χ2n) is 10.1. The molecule has 1 aromatic heterocycles. The molecule has 1 aliphatic carbocycles. The van der Waals surface area contributed by atoms with Gasteiger partial charge in [-0.2, -0.15) is 13.2 Å². The third-order valence-electron chi connectivity index (χ3n) is 7.26. The van der Waals surface area contributed by atoms with Crippen molar-refractivity contribution in [3.8, 4) is 0 Å². The van der Waals surface area contributed by atoms with Gasteiger partial charge in [0, 0.05) is 43.0 Å². The molecule has 1 saturated carbocycles. The number of carbonyl (C=O) groups excluding carboxylic acids is 2. The fourth-order valence-corrected chi connectivity index (χ4v) is 5.35. The van der Waals surface area contributed by atoms with Gasteiger partial charge in [0.2, 0.25) is 5.91 Å². The van der Waals surface area contributed by atoms with Crippen molar-refractivity contribution >= 4 is 22.7 Å². The van der Waals surface area contributed by atoms with Gasteiger partial charge in [-0.05, 0) is 50.3 Å². The van der Waals surface area contributed by atoms with Crippen molar-refractivity contribution in [2.45, 2.75) is 70.8 Å². The minimum atomic E-state index is -4.51. The number of aromatic amines is 1. The van der Waals surface area contributed by atoms with E-state index in [1.165, 1.54) is 12.1 Å². The summed E-state index contributed by atoms with van der Waals surface area (Å²) in [6, 6.07) is 2.36. The van der Waals surface area contributed by atoms with E-state index in [9.17, 15) is 27.2 Å². The van der Waals surface area contributed by atoms with Crippen LogP contribution in [0.4, 0.5) is 17.6 Å².